The number of aromatic amines is 3. The number of hydrogen-bond acceptors (Lipinski definition) is 7. The van der Waals surface area contributed by atoms with E-state index < -0.39 is 13.8 Å². The zero-order chi connectivity index (χ0) is 55.0. The number of nitrogens with one attached hydrogen (secondary N) is 3. The van der Waals surface area contributed by atoms with Crippen LogP contribution < -0.4 is 0 Å². The molecule has 0 saturated heterocycles. The molecule has 396 valence electrons. The molecule has 10 nitrogen and oxygen atoms in total. The molecule has 0 spiro atoms. The number of allylic oxidation sites excluding steroid dienone is 1. The van der Waals surface area contributed by atoms with Crippen molar-refractivity contribution < 1.29 is 27.2 Å². The maximum atomic E-state index is 9.67. The Kier molecular flexibility index (Phi) is 20.2. The molecule has 3 aromatic carbocycles. The summed E-state index contributed by atoms with van der Waals surface area (Å²) in [6, 6.07) is 50.6. The summed E-state index contributed by atoms with van der Waals surface area (Å²) in [5, 5.41) is 7.32. The molecular formula is C62H71BF3N7O3. The summed E-state index contributed by atoms with van der Waals surface area (Å²) in [6.07, 6.45) is 4.10. The summed E-state index contributed by atoms with van der Waals surface area (Å²) in [5.74, 6) is 0. The lowest BCUT2D eigenvalue weighted by Gasteiger charge is -2.22. The zero-order valence-electron chi connectivity index (χ0n) is 45.7. The van der Waals surface area contributed by atoms with Crippen LogP contribution in [0.1, 0.15) is 103 Å². The van der Waals surface area contributed by atoms with Crippen molar-refractivity contribution in [2.75, 3.05) is 27.4 Å². The quantitative estimate of drug-likeness (QED) is 0.0973. The number of aromatic nitrogens is 5. The van der Waals surface area contributed by atoms with Crippen LogP contribution in [0, 0.1) is 16.7 Å². The molecule has 8 bridgehead atoms. The van der Waals surface area contributed by atoms with Crippen LogP contribution in [-0.4, -0.2) is 71.9 Å². The number of hydrogen-bond donors (Lipinski definition) is 3. The average Bonchev–Trinajstić information content (AvgIpc) is 4.27. The minimum atomic E-state index is -3.67. The fourth-order valence-corrected chi connectivity index (χ4v) is 9.87. The summed E-state index contributed by atoms with van der Waals surface area (Å²) in [7, 11) is -0.372. The second-order valence-electron chi connectivity index (χ2n) is 20.3. The molecule has 0 unspecified atom stereocenters. The van der Waals surface area contributed by atoms with E-state index in [0.717, 1.165) is 117 Å². The van der Waals surface area contributed by atoms with Gasteiger partial charge in [-0.15, -0.1) is 0 Å². The minimum absolute atomic E-state index is 0.0963. The van der Waals surface area contributed by atoms with Gasteiger partial charge in [-0.25, -0.2) is 0 Å². The van der Waals surface area contributed by atoms with E-state index in [0.29, 0.717) is 0 Å². The van der Waals surface area contributed by atoms with Gasteiger partial charge in [-0.2, -0.15) is 5.26 Å². The first-order valence-electron chi connectivity index (χ1n) is 25.6. The smallest absolute Gasteiger partial charge is 0.382 e. The average molecular weight is 1030 g/mol. The molecule has 0 radical (unpaired) electrons. The van der Waals surface area contributed by atoms with E-state index in [1.165, 1.54) is 18.1 Å². The molecular weight excluding hydrogens is 959 g/mol. The highest BCUT2D eigenvalue weighted by Crippen LogP contribution is 2.45. The van der Waals surface area contributed by atoms with Gasteiger partial charge in [0, 0.05) is 132 Å². The number of halogens is 3. The third kappa shape index (κ3) is 14.5. The molecule has 0 amide bonds. The van der Waals surface area contributed by atoms with E-state index in [4.69, 9.17) is 34.4 Å². The maximum absolute atomic E-state index is 9.67. The van der Waals surface area contributed by atoms with Crippen LogP contribution in [-0.2, 0) is 37.9 Å². The second-order valence-corrected chi connectivity index (χ2v) is 20.3. The molecule has 14 heteroatoms. The number of rotatable bonds is 9. The van der Waals surface area contributed by atoms with E-state index in [1.807, 2.05) is 32.2 Å². The molecule has 0 saturated carbocycles. The number of H-pyrrole nitrogens is 3. The first-order chi connectivity index (χ1) is 36.4. The molecule has 10 rings (SSSR count). The summed E-state index contributed by atoms with van der Waals surface area (Å²) in [5.41, 5.74) is 18.4. The van der Waals surface area contributed by atoms with Crippen LogP contribution in [0.25, 0.3) is 49.9 Å². The molecule has 3 aliphatic heterocycles. The van der Waals surface area contributed by atoms with Crippen molar-refractivity contribution in [3.8, 4) is 28.3 Å². The number of ether oxygens (including phenoxy) is 3. The molecule has 76 heavy (non-hydrogen) atoms. The van der Waals surface area contributed by atoms with Crippen LogP contribution in [0.3, 0.4) is 0 Å². The lowest BCUT2D eigenvalue weighted by Crippen LogP contribution is -2.25. The largest absolute Gasteiger partial charge is 0.762 e. The number of fused-ring (bicyclic) bond motifs is 8. The Hall–Kier alpha value is -7.31. The Labute approximate surface area is 446 Å². The lowest BCUT2D eigenvalue weighted by atomic mass is 9.82. The number of aliphatic imine (C=N–C) groups is 1. The van der Waals surface area contributed by atoms with Gasteiger partial charge in [-0.3, -0.25) is 27.9 Å². The lowest BCUT2D eigenvalue weighted by molar-refractivity contribution is -0.0532. The van der Waals surface area contributed by atoms with Crippen molar-refractivity contribution in [3.05, 3.63) is 185 Å². The number of nitrogens with zero attached hydrogens (tertiary/aromatic N) is 4. The molecule has 3 N–H and O–H groups in total. The Morgan fingerprint density at radius 2 is 1.07 bits per heavy atom. The molecule has 3 aliphatic rings. The van der Waals surface area contributed by atoms with Crippen molar-refractivity contribution in [2.24, 2.45) is 10.4 Å². The third-order valence-electron chi connectivity index (χ3n) is 13.0. The Morgan fingerprint density at radius 1 is 0.632 bits per heavy atom. The van der Waals surface area contributed by atoms with Gasteiger partial charge in [0.1, 0.15) is 0 Å². The van der Waals surface area contributed by atoms with Gasteiger partial charge in [0.05, 0.1) is 28.9 Å². The Balaban J connectivity index is 0.000000220. The van der Waals surface area contributed by atoms with Crippen LogP contribution in [0.5, 0.6) is 0 Å². The van der Waals surface area contributed by atoms with Gasteiger partial charge in [-0.1, -0.05) is 133 Å². The van der Waals surface area contributed by atoms with E-state index in [2.05, 4.69) is 184 Å². The van der Waals surface area contributed by atoms with Crippen LogP contribution in [0.15, 0.2) is 156 Å². The fraction of sp³-hybridized carbons (Fsp3) is 0.323. The van der Waals surface area contributed by atoms with E-state index >= 15 is 0 Å². The minimum Gasteiger partial charge on any atom is -0.382 e. The topological polar surface area (TPSA) is 137 Å². The maximum Gasteiger partial charge on any atom is 0.762 e. The summed E-state index contributed by atoms with van der Waals surface area (Å²) < 4.78 is 44.7. The van der Waals surface area contributed by atoms with Crippen molar-refractivity contribution in [3.63, 3.8) is 0 Å². The summed E-state index contributed by atoms with van der Waals surface area (Å²) in [6.45, 7) is 20.7. The second kappa shape index (κ2) is 26.5. The fourth-order valence-electron chi connectivity index (χ4n) is 9.87. The van der Waals surface area contributed by atoms with E-state index in [9.17, 15) is 12.9 Å². The van der Waals surface area contributed by atoms with Gasteiger partial charge >= 0.3 is 7.54 Å². The SMILES string of the molecule is CC#N.CC1(C)Cc2cc3ccc([nH]3)c(-c3ccccc3)c3nc(cc4ccc([nH]4)c(-c4ccccc4)c1n2)CC3(C)C.CCOCC.COC(OC)C1=N/C(=C(/c2ccccc2)c2ccc[nH]2)C(C)(C)C1.FB(F)F. The molecule has 0 fully saturated rings. The monoisotopic (exact) mass is 1030 g/mol. The normalized spacial score (nSPS) is 15.2. The Bertz CT molecular complexity index is 3100. The van der Waals surface area contributed by atoms with Crippen molar-refractivity contribution in [1.82, 2.24) is 24.9 Å². The number of nitriles is 1. The highest BCUT2D eigenvalue weighted by atomic mass is 19.4. The van der Waals surface area contributed by atoms with Crippen molar-refractivity contribution in [1.29, 1.82) is 5.26 Å². The first kappa shape index (κ1) is 58.0. The predicted octanol–water partition coefficient (Wildman–Crippen LogP) is 15.4. The van der Waals surface area contributed by atoms with Gasteiger partial charge in [0.15, 0.2) is 6.29 Å². The van der Waals surface area contributed by atoms with Crippen molar-refractivity contribution >= 4 is 40.9 Å². The van der Waals surface area contributed by atoms with Crippen LogP contribution in [0.4, 0.5) is 12.9 Å². The highest BCUT2D eigenvalue weighted by molar-refractivity contribution is 6.33. The molecule has 7 aromatic rings. The van der Waals surface area contributed by atoms with E-state index in [-0.39, 0.29) is 16.2 Å². The van der Waals surface area contributed by atoms with Gasteiger partial charge in [0.25, 0.3) is 0 Å². The van der Waals surface area contributed by atoms with Gasteiger partial charge < -0.3 is 29.2 Å². The van der Waals surface area contributed by atoms with E-state index in [1.54, 1.807) is 20.3 Å². The van der Waals surface area contributed by atoms with Crippen LogP contribution >= 0.6 is 0 Å². The van der Waals surface area contributed by atoms with Gasteiger partial charge in [0.2, 0.25) is 0 Å². The summed E-state index contributed by atoms with van der Waals surface area (Å²) in [4.78, 5) is 26.3. The molecule has 7 heterocycles. The summed E-state index contributed by atoms with van der Waals surface area (Å²) >= 11 is 0. The Morgan fingerprint density at radius 3 is 1.45 bits per heavy atom. The van der Waals surface area contributed by atoms with Crippen LogP contribution in [0.2, 0.25) is 0 Å². The standard InChI is InChI=1S/C36H34N4.C20H24N2O2.C4H10O.C2H3N.BF3/c1-35(2)21-27-19-25-16-18-30(38-25)32(24-13-9-6-10-14-24)34-36(3,4)22-28(40-34)20-26-15-17-29(37-26)31(33(35)39-27)23-11-7-5-8-12-23;1-20(2)13-16(19(23-3)24-4)22-18(20)17(15-11-8-12-21-15)14-9-6-5-7-10-14;1-3-5-4-2;1-2-3;2-1(3)4/h5-20,37-38H,21-22H2,1-4H3;5-12,19,21H,13H2,1-4H3;3-4H2,1-2H3;1H3;/b;18-17-;;;. The zero-order valence-corrected chi connectivity index (χ0v) is 45.7. The predicted molar refractivity (Wildman–Crippen MR) is 305 cm³/mol. The molecule has 0 aliphatic carbocycles. The number of methoxy groups -OCH3 is 2. The molecule has 4 aromatic heterocycles. The van der Waals surface area contributed by atoms with Gasteiger partial charge in [-0.05, 0) is 79.1 Å². The third-order valence-corrected chi connectivity index (χ3v) is 13.0. The molecule has 0 atom stereocenters. The highest BCUT2D eigenvalue weighted by Gasteiger charge is 2.38. The first-order valence-corrected chi connectivity index (χ1v) is 25.6. The van der Waals surface area contributed by atoms with Crippen molar-refractivity contribution in [2.45, 2.75) is 98.7 Å². The number of benzene rings is 3.